The van der Waals surface area contributed by atoms with E-state index in [1.807, 2.05) is 0 Å². The van der Waals surface area contributed by atoms with Crippen molar-refractivity contribution in [2.24, 2.45) is 17.2 Å². The van der Waals surface area contributed by atoms with E-state index in [1.54, 1.807) is 0 Å². The van der Waals surface area contributed by atoms with Gasteiger partial charge in [-0.05, 0) is 6.42 Å². The van der Waals surface area contributed by atoms with Gasteiger partial charge in [-0.3, -0.25) is 24.0 Å². The summed E-state index contributed by atoms with van der Waals surface area (Å²) < 4.78 is 0. The molecule has 28 heavy (non-hydrogen) atoms. The standard InChI is InChI=1S/C14H24N6O7S/c15-6(3-10(17)22)12(24)20-8(5-28)13(25)18-4-11(23)19-7(14(26)27)1-2-9(16)21/h6-8,28H,1-5,15H2,(H2,16,21)(H2,17,22)(H,18,25)(H,19,23)(H,20,24)(H,26,27). The van der Waals surface area contributed by atoms with Crippen LogP contribution in [0.25, 0.3) is 0 Å². The van der Waals surface area contributed by atoms with Crippen molar-refractivity contribution in [2.75, 3.05) is 12.3 Å². The fourth-order valence-corrected chi connectivity index (χ4v) is 2.12. The first-order valence-electron chi connectivity index (χ1n) is 8.01. The van der Waals surface area contributed by atoms with Gasteiger partial charge in [0, 0.05) is 12.2 Å². The Bertz CT molecular complexity index is 629. The van der Waals surface area contributed by atoms with E-state index in [4.69, 9.17) is 22.3 Å². The van der Waals surface area contributed by atoms with Gasteiger partial charge in [0.1, 0.15) is 12.1 Å². The monoisotopic (exact) mass is 420 g/mol. The summed E-state index contributed by atoms with van der Waals surface area (Å²) in [5, 5.41) is 15.6. The van der Waals surface area contributed by atoms with Crippen LogP contribution in [0.3, 0.4) is 0 Å². The van der Waals surface area contributed by atoms with Gasteiger partial charge in [0.2, 0.25) is 29.5 Å². The van der Waals surface area contributed by atoms with E-state index in [9.17, 15) is 28.8 Å². The van der Waals surface area contributed by atoms with Gasteiger partial charge in [-0.15, -0.1) is 0 Å². The van der Waals surface area contributed by atoms with Crippen LogP contribution in [0.4, 0.5) is 0 Å². The minimum absolute atomic E-state index is 0.140. The summed E-state index contributed by atoms with van der Waals surface area (Å²) in [5.41, 5.74) is 15.3. The quantitative estimate of drug-likeness (QED) is 0.135. The lowest BCUT2D eigenvalue weighted by Crippen LogP contribution is -2.54. The largest absolute Gasteiger partial charge is 0.480 e. The first-order chi connectivity index (χ1) is 13.0. The summed E-state index contributed by atoms with van der Waals surface area (Å²) in [6, 6.07) is -3.77. The molecule has 0 fully saturated rings. The molecule has 3 unspecified atom stereocenters. The second-order valence-corrected chi connectivity index (χ2v) is 6.07. The summed E-state index contributed by atoms with van der Waals surface area (Å²) >= 11 is 3.91. The molecule has 5 amide bonds. The highest BCUT2D eigenvalue weighted by Crippen LogP contribution is 1.97. The van der Waals surface area contributed by atoms with Crippen LogP contribution in [0.1, 0.15) is 19.3 Å². The molecular formula is C14H24N6O7S. The average molecular weight is 420 g/mol. The lowest BCUT2D eigenvalue weighted by atomic mass is 10.1. The second kappa shape index (κ2) is 12.5. The zero-order valence-corrected chi connectivity index (χ0v) is 15.7. The third kappa shape index (κ3) is 10.3. The molecule has 13 nitrogen and oxygen atoms in total. The lowest BCUT2D eigenvalue weighted by Gasteiger charge is -2.19. The van der Waals surface area contributed by atoms with Crippen molar-refractivity contribution >= 4 is 48.1 Å². The molecule has 0 aliphatic carbocycles. The second-order valence-electron chi connectivity index (χ2n) is 5.70. The number of nitrogens with two attached hydrogens (primary N) is 3. The molecule has 0 saturated carbocycles. The van der Waals surface area contributed by atoms with Crippen molar-refractivity contribution in [3.63, 3.8) is 0 Å². The number of amides is 5. The molecule has 0 saturated heterocycles. The Morgan fingerprint density at radius 1 is 0.929 bits per heavy atom. The predicted molar refractivity (Wildman–Crippen MR) is 98.6 cm³/mol. The molecule has 0 bridgehead atoms. The Labute approximate surface area is 165 Å². The SMILES string of the molecule is NC(=O)CCC(NC(=O)CNC(=O)C(CS)NC(=O)C(N)CC(N)=O)C(=O)O. The van der Waals surface area contributed by atoms with Crippen LogP contribution >= 0.6 is 12.6 Å². The zero-order chi connectivity index (χ0) is 21.9. The van der Waals surface area contributed by atoms with E-state index in [0.717, 1.165) is 0 Å². The Morgan fingerprint density at radius 2 is 1.54 bits per heavy atom. The third-order valence-electron chi connectivity index (χ3n) is 3.31. The first-order valence-corrected chi connectivity index (χ1v) is 8.64. The summed E-state index contributed by atoms with van der Waals surface area (Å²) in [7, 11) is 0. The van der Waals surface area contributed by atoms with Gasteiger partial charge in [0.25, 0.3) is 0 Å². The third-order valence-corrected chi connectivity index (χ3v) is 3.67. The van der Waals surface area contributed by atoms with E-state index in [1.165, 1.54) is 0 Å². The Morgan fingerprint density at radius 3 is 2.00 bits per heavy atom. The van der Waals surface area contributed by atoms with Gasteiger partial charge in [0.05, 0.1) is 19.0 Å². The van der Waals surface area contributed by atoms with E-state index in [2.05, 4.69) is 28.6 Å². The highest BCUT2D eigenvalue weighted by Gasteiger charge is 2.25. The Balaban J connectivity index is 4.59. The molecular weight excluding hydrogens is 396 g/mol. The van der Waals surface area contributed by atoms with Crippen LogP contribution in [0.2, 0.25) is 0 Å². The van der Waals surface area contributed by atoms with Crippen LogP contribution in [-0.2, 0) is 28.8 Å². The predicted octanol–water partition coefficient (Wildman–Crippen LogP) is -4.45. The van der Waals surface area contributed by atoms with Crippen molar-refractivity contribution < 1.29 is 33.9 Å². The van der Waals surface area contributed by atoms with E-state index in [0.29, 0.717) is 0 Å². The molecule has 3 atom stereocenters. The number of primary amides is 2. The number of thiol groups is 1. The van der Waals surface area contributed by atoms with Crippen molar-refractivity contribution in [1.29, 1.82) is 0 Å². The molecule has 0 aromatic carbocycles. The minimum atomic E-state index is -1.37. The number of hydrogen-bond donors (Lipinski definition) is 8. The van der Waals surface area contributed by atoms with Gasteiger partial charge in [-0.25, -0.2) is 4.79 Å². The van der Waals surface area contributed by atoms with Crippen molar-refractivity contribution in [1.82, 2.24) is 16.0 Å². The normalized spacial score (nSPS) is 13.5. The lowest BCUT2D eigenvalue weighted by molar-refractivity contribution is -0.142. The Hall–Kier alpha value is -2.87. The molecule has 0 heterocycles. The maximum atomic E-state index is 12.0. The van der Waals surface area contributed by atoms with Gasteiger partial charge < -0.3 is 38.3 Å². The van der Waals surface area contributed by atoms with Crippen molar-refractivity contribution in [3.8, 4) is 0 Å². The van der Waals surface area contributed by atoms with E-state index in [-0.39, 0.29) is 18.6 Å². The van der Waals surface area contributed by atoms with Crippen molar-refractivity contribution in [3.05, 3.63) is 0 Å². The first kappa shape index (κ1) is 25.1. The van der Waals surface area contributed by atoms with Crippen LogP contribution < -0.4 is 33.2 Å². The number of carboxylic acid groups (broad SMARTS) is 1. The van der Waals surface area contributed by atoms with E-state index < -0.39 is 66.6 Å². The molecule has 0 radical (unpaired) electrons. The summed E-state index contributed by atoms with van der Waals surface area (Å²) in [6.45, 7) is -0.591. The smallest absolute Gasteiger partial charge is 0.326 e. The highest BCUT2D eigenvalue weighted by molar-refractivity contribution is 7.80. The summed E-state index contributed by atoms with van der Waals surface area (Å²) in [4.78, 5) is 68.1. The Kier molecular flexibility index (Phi) is 11.2. The fourth-order valence-electron chi connectivity index (χ4n) is 1.86. The van der Waals surface area contributed by atoms with Gasteiger partial charge >= 0.3 is 5.97 Å². The summed E-state index contributed by atoms with van der Waals surface area (Å²) in [5.74, 6) is -5.46. The van der Waals surface area contributed by atoms with Crippen LogP contribution in [0.15, 0.2) is 0 Å². The molecule has 0 spiro atoms. The van der Waals surface area contributed by atoms with Gasteiger partial charge in [-0.1, -0.05) is 0 Å². The number of carboxylic acids is 1. The summed E-state index contributed by atoms with van der Waals surface area (Å²) in [6.07, 6.45) is -0.878. The number of carbonyl (C=O) groups excluding carboxylic acids is 5. The van der Waals surface area contributed by atoms with Gasteiger partial charge in [-0.2, -0.15) is 12.6 Å². The maximum absolute atomic E-state index is 12.0. The minimum Gasteiger partial charge on any atom is -0.480 e. The highest BCUT2D eigenvalue weighted by atomic mass is 32.1. The van der Waals surface area contributed by atoms with Crippen LogP contribution in [0.5, 0.6) is 0 Å². The topological polar surface area (TPSA) is 237 Å². The number of rotatable bonds is 13. The molecule has 158 valence electrons. The molecule has 10 N–H and O–H groups in total. The average Bonchev–Trinajstić information content (AvgIpc) is 2.59. The maximum Gasteiger partial charge on any atom is 0.326 e. The van der Waals surface area contributed by atoms with Crippen LogP contribution in [-0.4, -0.2) is 71.0 Å². The zero-order valence-electron chi connectivity index (χ0n) is 14.8. The molecule has 14 heteroatoms. The molecule has 0 aliphatic rings. The van der Waals surface area contributed by atoms with Gasteiger partial charge in [0.15, 0.2) is 0 Å². The number of nitrogens with one attached hydrogen (secondary N) is 3. The molecule has 0 rings (SSSR count). The molecule has 0 aromatic rings. The van der Waals surface area contributed by atoms with Crippen molar-refractivity contribution in [2.45, 2.75) is 37.4 Å². The molecule has 0 aromatic heterocycles. The number of hydrogen-bond acceptors (Lipinski definition) is 8. The van der Waals surface area contributed by atoms with Crippen LogP contribution in [0, 0.1) is 0 Å². The number of carbonyl (C=O) groups is 6. The molecule has 0 aliphatic heterocycles. The number of aliphatic carboxylic acids is 1. The van der Waals surface area contributed by atoms with E-state index >= 15 is 0 Å². The fraction of sp³-hybridized carbons (Fsp3) is 0.571.